The second kappa shape index (κ2) is 31.9. The van der Waals surface area contributed by atoms with Crippen LogP contribution in [-0.2, 0) is 19.2 Å². The molecule has 3 aliphatic carbocycles. The second-order valence-electron chi connectivity index (χ2n) is 17.7. The minimum Gasteiger partial charge on any atom is -0.550 e. The maximum atomic E-state index is 13.2. The molecular formula is C45H82N3NaO5. The third-order valence-electron chi connectivity index (χ3n) is 12.1. The van der Waals surface area contributed by atoms with Gasteiger partial charge < -0.3 is 25.9 Å². The number of aliphatic carboxylic acids is 1. The molecule has 0 spiro atoms. The van der Waals surface area contributed by atoms with Gasteiger partial charge in [-0.15, -0.1) is 0 Å². The fourth-order valence-electron chi connectivity index (χ4n) is 8.93. The normalized spacial score (nSPS) is 24.5. The van der Waals surface area contributed by atoms with E-state index >= 15 is 0 Å². The van der Waals surface area contributed by atoms with Gasteiger partial charge in [-0.05, 0) is 69.1 Å². The van der Waals surface area contributed by atoms with E-state index in [0.717, 1.165) is 70.6 Å². The number of hydrogen-bond acceptors (Lipinski definition) is 5. The number of nitrogens with one attached hydrogen (secondary N) is 3. The summed E-state index contributed by atoms with van der Waals surface area (Å²) in [5.74, 6) is 0.0314. The first-order chi connectivity index (χ1) is 25.5. The van der Waals surface area contributed by atoms with Crippen molar-refractivity contribution in [3.8, 4) is 0 Å². The molecule has 0 heterocycles. The van der Waals surface area contributed by atoms with Crippen molar-refractivity contribution in [3.05, 3.63) is 0 Å². The van der Waals surface area contributed by atoms with E-state index in [9.17, 15) is 24.3 Å². The van der Waals surface area contributed by atoms with Crippen LogP contribution in [0.4, 0.5) is 0 Å². The number of carbonyl (C=O) groups excluding carboxylic acids is 4. The Kier molecular flexibility index (Phi) is 30.1. The summed E-state index contributed by atoms with van der Waals surface area (Å²) in [6, 6.07) is 0.552. The Morgan fingerprint density at radius 2 is 0.852 bits per heavy atom. The van der Waals surface area contributed by atoms with Crippen molar-refractivity contribution in [1.29, 1.82) is 0 Å². The average Bonchev–Trinajstić information content (AvgIpc) is 3.10. The van der Waals surface area contributed by atoms with Gasteiger partial charge in [-0.2, -0.15) is 0 Å². The monoisotopic (exact) mass is 768 g/mol. The maximum Gasteiger partial charge on any atom is 1.00 e. The number of rotatable bonds is 24. The maximum absolute atomic E-state index is 13.2. The Bertz CT molecular complexity index is 974. The molecule has 3 rings (SSSR count). The van der Waals surface area contributed by atoms with E-state index < -0.39 is 11.9 Å². The molecule has 0 saturated heterocycles. The van der Waals surface area contributed by atoms with Crippen molar-refractivity contribution in [1.82, 2.24) is 16.0 Å². The zero-order valence-electron chi connectivity index (χ0n) is 35.8. The zero-order chi connectivity index (χ0) is 38.7. The molecule has 0 aromatic heterocycles. The number of carbonyl (C=O) groups is 4. The molecular weight excluding hydrogens is 686 g/mol. The van der Waals surface area contributed by atoms with E-state index in [1.165, 1.54) is 103 Å². The molecule has 0 aromatic rings. The zero-order valence-corrected chi connectivity index (χ0v) is 37.8. The van der Waals surface area contributed by atoms with Gasteiger partial charge in [-0.3, -0.25) is 14.4 Å². The van der Waals surface area contributed by atoms with Gasteiger partial charge in [0.1, 0.15) is 0 Å². The largest absolute Gasteiger partial charge is 1.00 e. The van der Waals surface area contributed by atoms with Crippen molar-refractivity contribution in [2.45, 2.75) is 238 Å². The standard InChI is InChI=1S/C27H47N3O3.C18H36O2.Na/c1-18-7-4-10-22(13-18)28-25(31)16-21(27(33)30-24-12-6-9-20(3)15-24)17-26(32)29-23-11-5-8-19(2)14-23;1-2-3-4-5-6-7-8-9-10-11-12-13-14-15-16-17-18(19)20;/h18-24H,4-17H2,1-3H3,(H,28,31)(H,29,32)(H,30,33);2-17H2,1H3,(H,19,20);/q;;+1/p-1. The summed E-state index contributed by atoms with van der Waals surface area (Å²) in [6.45, 7) is 8.96. The van der Waals surface area contributed by atoms with Crippen LogP contribution in [-0.4, -0.2) is 41.8 Å². The molecule has 3 fully saturated rings. The van der Waals surface area contributed by atoms with Gasteiger partial charge in [0, 0.05) is 36.9 Å². The summed E-state index contributed by atoms with van der Waals surface area (Å²) in [4.78, 5) is 49.2. The third kappa shape index (κ3) is 25.9. The minimum atomic E-state index is -0.903. The Morgan fingerprint density at radius 3 is 1.19 bits per heavy atom. The van der Waals surface area contributed by atoms with Crippen LogP contribution in [0.5, 0.6) is 0 Å². The molecule has 6 unspecified atom stereocenters. The van der Waals surface area contributed by atoms with Crippen LogP contribution in [0.1, 0.15) is 220 Å². The van der Waals surface area contributed by atoms with E-state index in [1.54, 1.807) is 0 Å². The van der Waals surface area contributed by atoms with Crippen molar-refractivity contribution in [2.24, 2.45) is 23.7 Å². The molecule has 3 aliphatic rings. The first-order valence-corrected chi connectivity index (χ1v) is 22.6. The number of carboxylic acid groups (broad SMARTS) is 1. The first kappa shape index (κ1) is 50.9. The van der Waals surface area contributed by atoms with Crippen LogP contribution in [0.2, 0.25) is 0 Å². The Labute approximate surface area is 353 Å². The third-order valence-corrected chi connectivity index (χ3v) is 12.1. The molecule has 0 aliphatic heterocycles. The summed E-state index contributed by atoms with van der Waals surface area (Å²) in [6.07, 6.45) is 33.1. The molecule has 0 bridgehead atoms. The van der Waals surface area contributed by atoms with Crippen molar-refractivity contribution >= 4 is 23.7 Å². The van der Waals surface area contributed by atoms with Gasteiger partial charge >= 0.3 is 29.6 Å². The second-order valence-corrected chi connectivity index (χ2v) is 17.7. The molecule has 6 atom stereocenters. The Morgan fingerprint density at radius 1 is 0.519 bits per heavy atom. The predicted octanol–water partition coefficient (Wildman–Crippen LogP) is 6.47. The number of unbranched alkanes of at least 4 members (excludes halogenated alkanes) is 14. The predicted molar refractivity (Wildman–Crippen MR) is 216 cm³/mol. The van der Waals surface area contributed by atoms with Crippen LogP contribution in [0.25, 0.3) is 0 Å². The smallest absolute Gasteiger partial charge is 0.550 e. The van der Waals surface area contributed by atoms with E-state index in [-0.39, 0.29) is 84.7 Å². The summed E-state index contributed by atoms with van der Waals surface area (Å²) < 4.78 is 0. The van der Waals surface area contributed by atoms with Gasteiger partial charge in [-0.1, -0.05) is 156 Å². The number of carboxylic acids is 1. The van der Waals surface area contributed by atoms with E-state index in [1.807, 2.05) is 0 Å². The van der Waals surface area contributed by atoms with Gasteiger partial charge in [0.15, 0.2) is 0 Å². The Balaban J connectivity index is 0.000000601. The molecule has 54 heavy (non-hydrogen) atoms. The van der Waals surface area contributed by atoms with Gasteiger partial charge in [0.05, 0.1) is 5.92 Å². The molecule has 3 saturated carbocycles. The number of amides is 3. The van der Waals surface area contributed by atoms with E-state index in [4.69, 9.17) is 0 Å². The SMILES string of the molecule is CC1CCCC(NC(=O)CC(CC(=O)NC2CCCC(C)C2)C(=O)NC2CCCC(C)C2)C1.CCCCCCCCCCCCCCCCCC(=O)[O-].[Na+]. The van der Waals surface area contributed by atoms with Gasteiger partial charge in [0.2, 0.25) is 17.7 Å². The van der Waals surface area contributed by atoms with E-state index in [2.05, 4.69) is 43.6 Å². The van der Waals surface area contributed by atoms with Crippen LogP contribution in [0.15, 0.2) is 0 Å². The first-order valence-electron chi connectivity index (χ1n) is 22.6. The molecule has 3 N–H and O–H groups in total. The molecule has 8 nitrogen and oxygen atoms in total. The summed E-state index contributed by atoms with van der Waals surface area (Å²) in [5, 5.41) is 19.7. The van der Waals surface area contributed by atoms with E-state index in [0.29, 0.717) is 17.8 Å². The van der Waals surface area contributed by atoms with Crippen molar-refractivity contribution < 1.29 is 53.8 Å². The molecule has 3 amide bonds. The minimum absolute atomic E-state index is 0. The summed E-state index contributed by atoms with van der Waals surface area (Å²) in [7, 11) is 0. The summed E-state index contributed by atoms with van der Waals surface area (Å²) in [5.41, 5.74) is 0. The molecule has 0 aromatic carbocycles. The van der Waals surface area contributed by atoms with Crippen LogP contribution >= 0.6 is 0 Å². The average molecular weight is 768 g/mol. The fraction of sp³-hybridized carbons (Fsp3) is 0.911. The van der Waals surface area contributed by atoms with Gasteiger partial charge in [0.25, 0.3) is 0 Å². The van der Waals surface area contributed by atoms with Crippen LogP contribution in [0, 0.1) is 23.7 Å². The van der Waals surface area contributed by atoms with Crippen LogP contribution < -0.4 is 50.6 Å². The van der Waals surface area contributed by atoms with Crippen molar-refractivity contribution in [2.75, 3.05) is 0 Å². The molecule has 308 valence electrons. The number of hydrogen-bond donors (Lipinski definition) is 3. The van der Waals surface area contributed by atoms with Gasteiger partial charge in [-0.25, -0.2) is 0 Å². The quantitative estimate of drug-likeness (QED) is 0.0767. The fourth-order valence-corrected chi connectivity index (χ4v) is 8.93. The summed E-state index contributed by atoms with van der Waals surface area (Å²) >= 11 is 0. The molecule has 9 heteroatoms. The topological polar surface area (TPSA) is 127 Å². The van der Waals surface area contributed by atoms with Crippen molar-refractivity contribution in [3.63, 3.8) is 0 Å². The molecule has 0 radical (unpaired) electrons. The van der Waals surface area contributed by atoms with Crippen LogP contribution in [0.3, 0.4) is 0 Å². The Hall–Kier alpha value is -1.12.